The Morgan fingerprint density at radius 1 is 1.05 bits per heavy atom. The fraction of sp³-hybridized carbons (Fsp3) is 0.125. The molecule has 0 spiro atoms. The van der Waals surface area contributed by atoms with Crippen LogP contribution in [0.4, 0.5) is 11.8 Å². The lowest BCUT2D eigenvalue weighted by Gasteiger charge is -2.42. The van der Waals surface area contributed by atoms with Crippen molar-refractivity contribution in [2.45, 2.75) is 12.5 Å². The van der Waals surface area contributed by atoms with Crippen molar-refractivity contribution in [2.75, 3.05) is 17.2 Å². The minimum absolute atomic E-state index is 0. The molecule has 1 fully saturated rings. The van der Waals surface area contributed by atoms with Crippen LogP contribution in [0.2, 0.25) is 5.02 Å². The molecule has 0 bridgehead atoms. The lowest BCUT2D eigenvalue weighted by Crippen LogP contribution is -2.45. The minimum Gasteiger partial charge on any atom is -0.368 e. The van der Waals surface area contributed by atoms with Crippen LogP contribution in [0.5, 0.6) is 0 Å². The summed E-state index contributed by atoms with van der Waals surface area (Å²) in [6.45, 7) is 0.703. The SMILES string of the molecule is Nc1ncc(-c2[nH]nc3ncnc(N4CC[C@H]4c4nn5ccc(Cl)c5c(=O)n4-c4ccccc4)c23)cn1.S. The van der Waals surface area contributed by atoms with E-state index in [0.29, 0.717) is 51.3 Å². The number of hydrogen-bond donors (Lipinski definition) is 2. The van der Waals surface area contributed by atoms with Gasteiger partial charge in [-0.3, -0.25) is 14.5 Å². The van der Waals surface area contributed by atoms with Crippen molar-refractivity contribution in [3.05, 3.63) is 82.5 Å². The number of rotatable bonds is 4. The van der Waals surface area contributed by atoms with E-state index in [1.165, 1.54) is 6.33 Å². The first-order chi connectivity index (χ1) is 18.1. The van der Waals surface area contributed by atoms with E-state index in [4.69, 9.17) is 22.4 Å². The molecule has 6 aromatic rings. The van der Waals surface area contributed by atoms with E-state index in [-0.39, 0.29) is 31.0 Å². The number of anilines is 2. The summed E-state index contributed by atoms with van der Waals surface area (Å²) in [4.78, 5) is 32.9. The van der Waals surface area contributed by atoms with Crippen molar-refractivity contribution in [1.82, 2.24) is 44.3 Å². The normalized spacial score (nSPS) is 15.0. The predicted octanol–water partition coefficient (Wildman–Crippen LogP) is 2.91. The molecule has 0 unspecified atom stereocenters. The zero-order valence-corrected chi connectivity index (χ0v) is 21.4. The standard InChI is InChI=1S/C24H18ClN11O.H2S/c25-15-6-9-35-19(15)23(37)36(14-4-2-1-3-5-14)21(33-35)16-7-8-34(16)22-17-18(13-10-27-24(26)28-11-13)31-32-20(17)29-12-30-22;/h1-6,9-12,16H,7-8H2,(H2,26,27,28)(H,29,30,31,32);1H2/t16-;/m0./s1. The van der Waals surface area contributed by atoms with Crippen molar-refractivity contribution in [3.63, 3.8) is 0 Å². The zero-order valence-electron chi connectivity index (χ0n) is 19.7. The molecule has 0 radical (unpaired) electrons. The number of hydrogen-bond acceptors (Lipinski definition) is 9. The van der Waals surface area contributed by atoms with E-state index in [1.54, 1.807) is 33.7 Å². The zero-order chi connectivity index (χ0) is 25.1. The van der Waals surface area contributed by atoms with Crippen LogP contribution in [0.15, 0.2) is 66.1 Å². The molecule has 1 aliphatic heterocycles. The summed E-state index contributed by atoms with van der Waals surface area (Å²) >= 11 is 6.35. The third kappa shape index (κ3) is 3.58. The quantitative estimate of drug-likeness (QED) is 0.341. The summed E-state index contributed by atoms with van der Waals surface area (Å²) < 4.78 is 3.17. The Balaban J connectivity index is 0.00000264. The van der Waals surface area contributed by atoms with Crippen LogP contribution in [-0.2, 0) is 0 Å². The number of nitrogens with one attached hydrogen (secondary N) is 1. The van der Waals surface area contributed by atoms with Gasteiger partial charge in [0.15, 0.2) is 11.5 Å². The molecule has 1 aliphatic rings. The Hall–Kier alpha value is -4.49. The summed E-state index contributed by atoms with van der Waals surface area (Å²) in [5.41, 5.74) is 8.34. The van der Waals surface area contributed by atoms with Crippen LogP contribution in [0.1, 0.15) is 18.3 Å². The molecule has 12 nitrogen and oxygen atoms in total. The third-order valence-corrected chi connectivity index (χ3v) is 6.86. The van der Waals surface area contributed by atoms with Gasteiger partial charge in [-0.15, -0.1) is 0 Å². The van der Waals surface area contributed by atoms with Gasteiger partial charge < -0.3 is 10.6 Å². The lowest BCUT2D eigenvalue weighted by atomic mass is 10.0. The average Bonchev–Trinajstić information content (AvgIpc) is 3.49. The van der Waals surface area contributed by atoms with E-state index in [0.717, 1.165) is 11.8 Å². The molecule has 1 atom stereocenters. The van der Waals surface area contributed by atoms with E-state index < -0.39 is 0 Å². The van der Waals surface area contributed by atoms with Crippen LogP contribution >= 0.6 is 25.1 Å². The molecular formula is C24H20ClN11OS. The molecule has 14 heteroatoms. The highest BCUT2D eigenvalue weighted by Crippen LogP contribution is 2.41. The summed E-state index contributed by atoms with van der Waals surface area (Å²) in [7, 11) is 0. The molecule has 6 heterocycles. The molecule has 0 saturated carbocycles. The fourth-order valence-electron chi connectivity index (χ4n) is 4.73. The predicted molar refractivity (Wildman–Crippen MR) is 148 cm³/mol. The van der Waals surface area contributed by atoms with E-state index in [2.05, 4.69) is 35.0 Å². The van der Waals surface area contributed by atoms with Gasteiger partial charge in [-0.25, -0.2) is 24.5 Å². The van der Waals surface area contributed by atoms with Crippen molar-refractivity contribution in [1.29, 1.82) is 0 Å². The number of nitrogens with two attached hydrogens (primary N) is 1. The molecule has 0 amide bonds. The Labute approximate surface area is 226 Å². The van der Waals surface area contributed by atoms with Gasteiger partial charge in [-0.1, -0.05) is 29.8 Å². The summed E-state index contributed by atoms with van der Waals surface area (Å²) in [5, 5.41) is 13.3. The number of aromatic nitrogens is 9. The maximum absolute atomic E-state index is 13.7. The van der Waals surface area contributed by atoms with E-state index >= 15 is 0 Å². The number of nitrogens with zero attached hydrogens (tertiary/aromatic N) is 9. The first kappa shape index (κ1) is 23.9. The number of fused-ring (bicyclic) bond motifs is 2. The third-order valence-electron chi connectivity index (χ3n) is 6.56. The van der Waals surface area contributed by atoms with E-state index in [1.807, 2.05) is 30.3 Å². The van der Waals surface area contributed by atoms with Crippen molar-refractivity contribution in [3.8, 4) is 16.9 Å². The molecule has 7 rings (SSSR count). The molecule has 3 N–H and O–H groups in total. The van der Waals surface area contributed by atoms with Gasteiger partial charge in [0, 0.05) is 30.7 Å². The first-order valence-electron chi connectivity index (χ1n) is 11.5. The number of para-hydroxylation sites is 1. The molecule has 1 aromatic carbocycles. The fourth-order valence-corrected chi connectivity index (χ4v) is 4.96. The average molecular weight is 546 g/mol. The number of aromatic amines is 1. The maximum atomic E-state index is 13.7. The minimum atomic E-state index is -0.242. The highest BCUT2D eigenvalue weighted by molar-refractivity contribution is 7.59. The van der Waals surface area contributed by atoms with Gasteiger partial charge in [0.25, 0.3) is 5.56 Å². The summed E-state index contributed by atoms with van der Waals surface area (Å²) in [6.07, 6.45) is 7.18. The van der Waals surface area contributed by atoms with Gasteiger partial charge in [0.2, 0.25) is 5.95 Å². The van der Waals surface area contributed by atoms with Gasteiger partial charge in [-0.05, 0) is 24.6 Å². The molecule has 1 saturated heterocycles. The second-order valence-corrected chi connectivity index (χ2v) is 9.02. The lowest BCUT2D eigenvalue weighted by molar-refractivity contribution is 0.424. The Morgan fingerprint density at radius 2 is 1.84 bits per heavy atom. The van der Waals surface area contributed by atoms with Crippen LogP contribution in [0.25, 0.3) is 33.5 Å². The monoisotopic (exact) mass is 545 g/mol. The Kier molecular flexibility index (Phi) is 5.73. The summed E-state index contributed by atoms with van der Waals surface area (Å²) in [6, 6.07) is 10.9. The first-order valence-corrected chi connectivity index (χ1v) is 11.9. The van der Waals surface area contributed by atoms with Gasteiger partial charge in [0.05, 0.1) is 27.8 Å². The number of nitrogen functional groups attached to an aromatic ring is 1. The van der Waals surface area contributed by atoms with Crippen molar-refractivity contribution in [2.24, 2.45) is 0 Å². The van der Waals surface area contributed by atoms with E-state index in [9.17, 15) is 4.79 Å². The number of halogens is 1. The van der Waals surface area contributed by atoms with Crippen LogP contribution in [0, 0.1) is 0 Å². The van der Waals surface area contributed by atoms with Crippen LogP contribution in [0.3, 0.4) is 0 Å². The van der Waals surface area contributed by atoms with Crippen LogP contribution < -0.4 is 16.2 Å². The number of H-pyrrole nitrogens is 1. The highest BCUT2D eigenvalue weighted by atomic mass is 35.5. The second-order valence-electron chi connectivity index (χ2n) is 8.61. The smallest absolute Gasteiger partial charge is 0.284 e. The second kappa shape index (κ2) is 9.11. The molecule has 0 aliphatic carbocycles. The van der Waals surface area contributed by atoms with Crippen molar-refractivity contribution < 1.29 is 0 Å². The number of benzene rings is 1. The topological polar surface area (TPSA) is 149 Å². The van der Waals surface area contributed by atoms with Gasteiger partial charge >= 0.3 is 0 Å². The van der Waals surface area contributed by atoms with Gasteiger partial charge in [-0.2, -0.15) is 23.7 Å². The Bertz CT molecular complexity index is 1850. The molecule has 38 heavy (non-hydrogen) atoms. The maximum Gasteiger partial charge on any atom is 0.284 e. The van der Waals surface area contributed by atoms with Crippen LogP contribution in [-0.4, -0.2) is 50.9 Å². The van der Waals surface area contributed by atoms with Crippen molar-refractivity contribution >= 4 is 53.4 Å². The Morgan fingerprint density at radius 3 is 2.58 bits per heavy atom. The molecule has 190 valence electrons. The van der Waals surface area contributed by atoms with Gasteiger partial charge in [0.1, 0.15) is 17.7 Å². The molecular weight excluding hydrogens is 526 g/mol. The molecule has 5 aromatic heterocycles. The largest absolute Gasteiger partial charge is 0.368 e. The summed E-state index contributed by atoms with van der Waals surface area (Å²) in [5.74, 6) is 1.42. The highest BCUT2D eigenvalue weighted by Gasteiger charge is 2.37.